The Morgan fingerprint density at radius 2 is 1.31 bits per heavy atom. The van der Waals surface area contributed by atoms with Crippen LogP contribution in [-0.4, -0.2) is 13.0 Å². The first-order valence-electron chi connectivity index (χ1n) is 9.72. The van der Waals surface area contributed by atoms with Gasteiger partial charge in [0.05, 0.1) is 4.90 Å². The van der Waals surface area contributed by atoms with E-state index in [1.54, 1.807) is 0 Å². The van der Waals surface area contributed by atoms with Crippen LogP contribution in [0.1, 0.15) is 89.5 Å². The summed E-state index contributed by atoms with van der Waals surface area (Å²) in [6.07, 6.45) is 15.3. The molecule has 0 aliphatic rings. The molecule has 0 unspecified atom stereocenters. The molecule has 1 N–H and O–H groups in total. The molecule has 144 valence electrons. The predicted octanol–water partition coefficient (Wildman–Crippen LogP) is 2.25. The molecule has 0 bridgehead atoms. The van der Waals surface area contributed by atoms with Crippen LogP contribution < -0.4 is 56.5 Å². The van der Waals surface area contributed by atoms with Crippen molar-refractivity contribution < 1.29 is 69.5 Å². The van der Waals surface area contributed by atoms with E-state index in [0.29, 0.717) is 12.0 Å². The van der Waals surface area contributed by atoms with Gasteiger partial charge in [0.1, 0.15) is 0 Å². The first kappa shape index (κ1) is 26.6. The maximum Gasteiger partial charge on any atom is 1.00 e. The third kappa shape index (κ3) is 12.1. The molecule has 0 radical (unpaired) electrons. The van der Waals surface area contributed by atoms with Crippen molar-refractivity contribution in [1.82, 2.24) is 0 Å². The molecule has 4 nitrogen and oxygen atoms in total. The van der Waals surface area contributed by atoms with Crippen molar-refractivity contribution in [1.29, 1.82) is 0 Å². The third-order valence-corrected chi connectivity index (χ3v) is 5.56. The number of unbranched alkanes of at least 4 members (excludes halogenated alkanes) is 11. The van der Waals surface area contributed by atoms with Crippen molar-refractivity contribution in [2.45, 2.75) is 95.3 Å². The van der Waals surface area contributed by atoms with E-state index in [1.165, 1.54) is 76.0 Å². The van der Waals surface area contributed by atoms with Crippen LogP contribution in [0.5, 0.6) is 5.75 Å². The molecule has 0 spiro atoms. The summed E-state index contributed by atoms with van der Waals surface area (Å²) in [6.45, 7) is 2.24. The normalized spacial score (nSPS) is 11.3. The summed E-state index contributed by atoms with van der Waals surface area (Å²) in [6, 6.07) is 3.70. The molecule has 0 amide bonds. The van der Waals surface area contributed by atoms with Crippen molar-refractivity contribution in [2.24, 2.45) is 0 Å². The van der Waals surface area contributed by atoms with Crippen LogP contribution in [0.2, 0.25) is 0 Å². The minimum atomic E-state index is -4.26. The first-order chi connectivity index (χ1) is 11.9. The van der Waals surface area contributed by atoms with Crippen LogP contribution in [0.25, 0.3) is 0 Å². The first-order valence-corrected chi connectivity index (χ1v) is 11.2. The zero-order valence-corrected chi connectivity index (χ0v) is 20.4. The summed E-state index contributed by atoms with van der Waals surface area (Å²) >= 11 is 0. The Labute approximate surface area is 202 Å². The van der Waals surface area contributed by atoms with E-state index in [9.17, 15) is 18.1 Å². The van der Waals surface area contributed by atoms with Gasteiger partial charge in [-0.3, -0.25) is 4.55 Å². The molecule has 0 saturated carbocycles. The summed E-state index contributed by atoms with van der Waals surface area (Å²) in [5.74, 6) is -0.221. The fourth-order valence-corrected chi connectivity index (χ4v) is 3.89. The van der Waals surface area contributed by atoms with E-state index in [-0.39, 0.29) is 62.0 Å². The Hall–Kier alpha value is 0.566. The van der Waals surface area contributed by atoms with Gasteiger partial charge in [0.15, 0.2) is 0 Å². The molecule has 0 fully saturated rings. The van der Waals surface area contributed by atoms with Crippen molar-refractivity contribution in [2.75, 3.05) is 0 Å². The monoisotopic (exact) mass is 408 g/mol. The molecule has 0 aromatic heterocycles. The molecule has 0 saturated heterocycles. The summed E-state index contributed by atoms with van der Waals surface area (Å²) < 4.78 is 31.9. The Kier molecular flexibility index (Phi) is 15.8. The summed E-state index contributed by atoms with van der Waals surface area (Å²) in [4.78, 5) is -0.129. The zero-order valence-electron chi connectivity index (χ0n) is 16.5. The van der Waals surface area contributed by atoms with Crippen LogP contribution in [0.15, 0.2) is 23.1 Å². The van der Waals surface area contributed by atoms with Gasteiger partial charge < -0.3 is 5.11 Å². The van der Waals surface area contributed by atoms with Crippen LogP contribution in [0.3, 0.4) is 0 Å². The van der Waals surface area contributed by atoms with E-state index < -0.39 is 10.1 Å². The van der Waals surface area contributed by atoms with E-state index in [1.807, 2.05) is 0 Å². The molecule has 0 aliphatic carbocycles. The van der Waals surface area contributed by atoms with Crippen molar-refractivity contribution >= 4 is 10.1 Å². The maximum atomic E-state index is 11.4. The number of hydrogen-bond acceptors (Lipinski definition) is 3. The van der Waals surface area contributed by atoms with Crippen molar-refractivity contribution in [3.63, 3.8) is 0 Å². The van der Waals surface area contributed by atoms with Crippen LogP contribution in [0.4, 0.5) is 0 Å². The van der Waals surface area contributed by atoms with Crippen molar-refractivity contribution in [3.8, 4) is 5.75 Å². The van der Waals surface area contributed by atoms with Gasteiger partial charge in [-0.2, -0.15) is 8.42 Å². The number of benzene rings is 1. The molecule has 0 heterocycles. The smallest absolute Gasteiger partial charge is 0.872 e. The van der Waals surface area contributed by atoms with Gasteiger partial charge in [-0.25, -0.2) is 0 Å². The van der Waals surface area contributed by atoms with Crippen molar-refractivity contribution in [3.05, 3.63) is 23.8 Å². The Balaban J connectivity index is 0.00000625. The van der Waals surface area contributed by atoms with E-state index >= 15 is 0 Å². The topological polar surface area (TPSA) is 77.4 Å². The second-order valence-electron chi connectivity index (χ2n) is 6.88. The zero-order chi connectivity index (χ0) is 18.5. The second-order valence-corrected chi connectivity index (χ2v) is 8.27. The quantitative estimate of drug-likeness (QED) is 0.291. The fraction of sp³-hybridized carbons (Fsp3) is 0.700. The Morgan fingerprint density at radius 3 is 1.77 bits per heavy atom. The Bertz CT molecular complexity index is 587. The summed E-state index contributed by atoms with van der Waals surface area (Å²) in [5.41, 5.74) is 0.432. The maximum absolute atomic E-state index is 11.4. The van der Waals surface area contributed by atoms with Crippen LogP contribution in [-0.2, 0) is 16.5 Å². The minimum Gasteiger partial charge on any atom is -0.872 e. The SMILES string of the molecule is CCCCCCCCCCCCCCc1cc([O-])ccc1S(=O)(=O)O.[K+]. The van der Waals surface area contributed by atoms with Gasteiger partial charge in [0.2, 0.25) is 0 Å². The largest absolute Gasteiger partial charge is 1.00 e. The molecular weight excluding hydrogens is 375 g/mol. The molecule has 6 heteroatoms. The summed E-state index contributed by atoms with van der Waals surface area (Å²) in [5, 5.41) is 11.4. The van der Waals surface area contributed by atoms with E-state index in [0.717, 1.165) is 19.3 Å². The van der Waals surface area contributed by atoms with Gasteiger partial charge in [0, 0.05) is 0 Å². The molecule has 1 aromatic carbocycles. The van der Waals surface area contributed by atoms with E-state index in [4.69, 9.17) is 0 Å². The van der Waals surface area contributed by atoms with Gasteiger partial charge in [-0.1, -0.05) is 89.7 Å². The van der Waals surface area contributed by atoms with Gasteiger partial charge in [-0.15, -0.1) is 5.75 Å². The average molecular weight is 409 g/mol. The Morgan fingerprint density at radius 1 is 0.846 bits per heavy atom. The van der Waals surface area contributed by atoms with Gasteiger partial charge >= 0.3 is 51.4 Å². The molecule has 1 aromatic rings. The van der Waals surface area contributed by atoms with E-state index in [2.05, 4.69) is 6.92 Å². The third-order valence-electron chi connectivity index (χ3n) is 4.61. The predicted molar refractivity (Wildman–Crippen MR) is 100 cm³/mol. The number of rotatable bonds is 14. The molecule has 0 aliphatic heterocycles. The van der Waals surface area contributed by atoms with Gasteiger partial charge in [0.25, 0.3) is 10.1 Å². The average Bonchev–Trinajstić information content (AvgIpc) is 2.55. The molecular formula is C20H33KO4S. The molecule has 1 rings (SSSR count). The van der Waals surface area contributed by atoms with Crippen LogP contribution >= 0.6 is 0 Å². The number of hydrogen-bond donors (Lipinski definition) is 1. The standard InChI is InChI=1S/C20H34O4S.K/c1-2-3-4-5-6-7-8-9-10-11-12-13-14-18-17-19(21)15-16-20(18)25(22,23)24;/h15-17,21H,2-14H2,1H3,(H,22,23,24);/q;+1/p-1. The minimum absolute atomic E-state index is 0. The van der Waals surface area contributed by atoms with Gasteiger partial charge in [-0.05, 0) is 24.5 Å². The molecule has 26 heavy (non-hydrogen) atoms. The fourth-order valence-electron chi connectivity index (χ4n) is 3.16. The number of aryl methyl sites for hydroxylation is 1. The summed E-state index contributed by atoms with van der Waals surface area (Å²) in [7, 11) is -4.26. The molecule has 0 atom stereocenters. The van der Waals surface area contributed by atoms with Crippen LogP contribution in [0, 0.1) is 0 Å². The second kappa shape index (κ2) is 15.5.